The van der Waals surface area contributed by atoms with Gasteiger partial charge in [-0.25, -0.2) is 0 Å². The molecule has 19 heavy (non-hydrogen) atoms. The number of hydrogen-bond donors (Lipinski definition) is 1. The smallest absolute Gasteiger partial charge is 0.127 e. The van der Waals surface area contributed by atoms with E-state index in [1.807, 2.05) is 18.2 Å². The van der Waals surface area contributed by atoms with Crippen LogP contribution in [-0.2, 0) is 0 Å². The van der Waals surface area contributed by atoms with Gasteiger partial charge in [-0.3, -0.25) is 0 Å². The molecule has 0 aliphatic rings. The van der Waals surface area contributed by atoms with Gasteiger partial charge in [0.05, 0.1) is 19.8 Å². The fourth-order valence-corrected chi connectivity index (χ4v) is 2.34. The second-order valence-electron chi connectivity index (χ2n) is 5.21. The Morgan fingerprint density at radius 1 is 1.05 bits per heavy atom. The minimum absolute atomic E-state index is 0.232. The zero-order valence-electron chi connectivity index (χ0n) is 13.0. The molecule has 0 aliphatic carbocycles. The lowest BCUT2D eigenvalue weighted by Crippen LogP contribution is -2.30. The molecule has 0 spiro atoms. The Bertz CT molecular complexity index is 368. The first-order valence-corrected chi connectivity index (χ1v) is 7.01. The molecule has 0 aliphatic heterocycles. The standard InChI is InChI=1S/C16H27NO2/c1-7-17-16(12(4)11(2)3)15-13(18-5)9-8-10-14(15)19-6/h8-12,16-17H,7H2,1-6H3. The van der Waals surface area contributed by atoms with Gasteiger partial charge in [0.2, 0.25) is 0 Å². The maximum absolute atomic E-state index is 5.53. The molecule has 0 saturated heterocycles. The number of rotatable bonds is 7. The van der Waals surface area contributed by atoms with Crippen molar-refractivity contribution in [3.63, 3.8) is 0 Å². The third-order valence-electron chi connectivity index (χ3n) is 3.78. The SMILES string of the molecule is CCNC(c1c(OC)cccc1OC)C(C)C(C)C. The number of hydrogen-bond acceptors (Lipinski definition) is 3. The van der Waals surface area contributed by atoms with Gasteiger partial charge in [0.1, 0.15) is 11.5 Å². The summed E-state index contributed by atoms with van der Waals surface area (Å²) in [4.78, 5) is 0. The number of nitrogens with one attached hydrogen (secondary N) is 1. The lowest BCUT2D eigenvalue weighted by Gasteiger charge is -2.30. The van der Waals surface area contributed by atoms with Crippen molar-refractivity contribution in [1.29, 1.82) is 0 Å². The molecule has 0 bridgehead atoms. The van der Waals surface area contributed by atoms with Crippen LogP contribution in [0.25, 0.3) is 0 Å². The molecule has 3 nitrogen and oxygen atoms in total. The van der Waals surface area contributed by atoms with E-state index in [2.05, 4.69) is 33.0 Å². The Balaban J connectivity index is 3.27. The molecule has 1 aromatic carbocycles. The minimum Gasteiger partial charge on any atom is -0.496 e. The van der Waals surface area contributed by atoms with E-state index in [9.17, 15) is 0 Å². The van der Waals surface area contributed by atoms with Crippen LogP contribution in [0.15, 0.2) is 18.2 Å². The maximum Gasteiger partial charge on any atom is 0.127 e. The summed E-state index contributed by atoms with van der Waals surface area (Å²) in [5, 5.41) is 3.57. The average molecular weight is 265 g/mol. The van der Waals surface area contributed by atoms with Gasteiger partial charge in [-0.1, -0.05) is 33.8 Å². The van der Waals surface area contributed by atoms with Crippen LogP contribution >= 0.6 is 0 Å². The Morgan fingerprint density at radius 2 is 1.58 bits per heavy atom. The summed E-state index contributed by atoms with van der Waals surface area (Å²) in [5.74, 6) is 2.85. The molecule has 0 saturated carbocycles. The molecule has 3 heteroatoms. The normalized spacial score (nSPS) is 14.3. The lowest BCUT2D eigenvalue weighted by atomic mass is 9.85. The molecule has 0 amide bonds. The third-order valence-corrected chi connectivity index (χ3v) is 3.78. The van der Waals surface area contributed by atoms with Gasteiger partial charge < -0.3 is 14.8 Å². The first kappa shape index (κ1) is 15.8. The molecule has 0 radical (unpaired) electrons. The summed E-state index contributed by atoms with van der Waals surface area (Å²) < 4.78 is 11.1. The van der Waals surface area contributed by atoms with E-state index in [0.29, 0.717) is 11.8 Å². The van der Waals surface area contributed by atoms with Crippen molar-refractivity contribution < 1.29 is 9.47 Å². The van der Waals surface area contributed by atoms with Crippen molar-refractivity contribution in [2.75, 3.05) is 20.8 Å². The van der Waals surface area contributed by atoms with Crippen LogP contribution in [0, 0.1) is 11.8 Å². The summed E-state index contributed by atoms with van der Waals surface area (Å²) in [6.45, 7) is 9.81. The average Bonchev–Trinajstić information content (AvgIpc) is 2.43. The fraction of sp³-hybridized carbons (Fsp3) is 0.625. The van der Waals surface area contributed by atoms with Crippen molar-refractivity contribution in [3.05, 3.63) is 23.8 Å². The van der Waals surface area contributed by atoms with Crippen molar-refractivity contribution >= 4 is 0 Å². The topological polar surface area (TPSA) is 30.5 Å². The molecule has 1 N–H and O–H groups in total. The molecule has 0 heterocycles. The second kappa shape index (κ2) is 7.39. The van der Waals surface area contributed by atoms with Crippen molar-refractivity contribution in [3.8, 4) is 11.5 Å². The Kier molecular flexibility index (Phi) is 6.16. The van der Waals surface area contributed by atoms with E-state index in [-0.39, 0.29) is 6.04 Å². The van der Waals surface area contributed by atoms with Gasteiger partial charge in [0, 0.05) is 6.04 Å². The van der Waals surface area contributed by atoms with Crippen LogP contribution in [0.3, 0.4) is 0 Å². The van der Waals surface area contributed by atoms with E-state index >= 15 is 0 Å². The predicted octanol–water partition coefficient (Wildman–Crippen LogP) is 3.65. The Hall–Kier alpha value is -1.22. The molecule has 0 fully saturated rings. The molecule has 2 atom stereocenters. The molecule has 1 rings (SSSR count). The molecule has 2 unspecified atom stereocenters. The van der Waals surface area contributed by atoms with Crippen LogP contribution in [-0.4, -0.2) is 20.8 Å². The molecule has 108 valence electrons. The summed E-state index contributed by atoms with van der Waals surface area (Å²) in [6, 6.07) is 6.19. The third kappa shape index (κ3) is 3.63. The first-order chi connectivity index (χ1) is 9.06. The van der Waals surface area contributed by atoms with E-state index in [0.717, 1.165) is 23.6 Å². The van der Waals surface area contributed by atoms with Crippen molar-refractivity contribution in [2.45, 2.75) is 33.7 Å². The van der Waals surface area contributed by atoms with Gasteiger partial charge in [0.15, 0.2) is 0 Å². The Labute approximate surface area is 117 Å². The van der Waals surface area contributed by atoms with Crippen LogP contribution in [0.4, 0.5) is 0 Å². The van der Waals surface area contributed by atoms with Gasteiger partial charge in [-0.05, 0) is 30.5 Å². The van der Waals surface area contributed by atoms with Gasteiger partial charge >= 0.3 is 0 Å². The van der Waals surface area contributed by atoms with E-state index < -0.39 is 0 Å². The zero-order valence-corrected chi connectivity index (χ0v) is 13.0. The van der Waals surface area contributed by atoms with Gasteiger partial charge in [-0.15, -0.1) is 0 Å². The van der Waals surface area contributed by atoms with Crippen molar-refractivity contribution in [1.82, 2.24) is 5.32 Å². The number of methoxy groups -OCH3 is 2. The van der Waals surface area contributed by atoms with Crippen LogP contribution < -0.4 is 14.8 Å². The van der Waals surface area contributed by atoms with E-state index in [1.54, 1.807) is 14.2 Å². The van der Waals surface area contributed by atoms with Crippen LogP contribution in [0.1, 0.15) is 39.3 Å². The molecule has 0 aromatic heterocycles. The zero-order chi connectivity index (χ0) is 14.4. The lowest BCUT2D eigenvalue weighted by molar-refractivity contribution is 0.287. The van der Waals surface area contributed by atoms with E-state index in [1.165, 1.54) is 0 Å². The van der Waals surface area contributed by atoms with Crippen molar-refractivity contribution in [2.24, 2.45) is 11.8 Å². The Morgan fingerprint density at radius 3 is 1.95 bits per heavy atom. The minimum atomic E-state index is 0.232. The summed E-state index contributed by atoms with van der Waals surface area (Å²) >= 11 is 0. The van der Waals surface area contributed by atoms with E-state index in [4.69, 9.17) is 9.47 Å². The van der Waals surface area contributed by atoms with Crippen LogP contribution in [0.2, 0.25) is 0 Å². The monoisotopic (exact) mass is 265 g/mol. The molecular weight excluding hydrogens is 238 g/mol. The summed E-state index contributed by atoms with van der Waals surface area (Å²) in [6.07, 6.45) is 0. The highest BCUT2D eigenvalue weighted by Gasteiger charge is 2.27. The summed E-state index contributed by atoms with van der Waals surface area (Å²) in [7, 11) is 3.42. The predicted molar refractivity (Wildman–Crippen MR) is 80.0 cm³/mol. The highest BCUT2D eigenvalue weighted by atomic mass is 16.5. The van der Waals surface area contributed by atoms with Gasteiger partial charge in [-0.2, -0.15) is 0 Å². The summed E-state index contributed by atoms with van der Waals surface area (Å²) in [5.41, 5.74) is 1.12. The second-order valence-corrected chi connectivity index (χ2v) is 5.21. The quantitative estimate of drug-likeness (QED) is 0.816. The highest BCUT2D eigenvalue weighted by molar-refractivity contribution is 5.47. The first-order valence-electron chi connectivity index (χ1n) is 7.01. The molecular formula is C16H27NO2. The van der Waals surface area contributed by atoms with Gasteiger partial charge in [0.25, 0.3) is 0 Å². The molecule has 1 aromatic rings. The number of benzene rings is 1. The van der Waals surface area contributed by atoms with Crippen LogP contribution in [0.5, 0.6) is 11.5 Å². The number of ether oxygens (including phenoxy) is 2. The largest absolute Gasteiger partial charge is 0.496 e. The highest BCUT2D eigenvalue weighted by Crippen LogP contribution is 2.39. The fourth-order valence-electron chi connectivity index (χ4n) is 2.34. The maximum atomic E-state index is 5.53.